The first-order valence-electron chi connectivity index (χ1n) is 6.38. The standard InChI is InChI=1S/C15H16BrNO3S/c1-15(2,3)14-17-10(8-21-14)7-20-12-6-9(16)4-5-11(12)13(18)19/h4-6,8H,7H2,1-3H3,(H,18,19). The zero-order chi connectivity index (χ0) is 15.6. The molecule has 0 radical (unpaired) electrons. The zero-order valence-corrected chi connectivity index (χ0v) is 14.4. The lowest BCUT2D eigenvalue weighted by Crippen LogP contribution is -2.11. The van der Waals surface area contributed by atoms with Crippen LogP contribution in [0.25, 0.3) is 0 Å². The number of thiazole rings is 1. The molecule has 0 unspecified atom stereocenters. The molecule has 0 atom stereocenters. The predicted molar refractivity (Wildman–Crippen MR) is 86.2 cm³/mol. The van der Waals surface area contributed by atoms with E-state index in [0.29, 0.717) is 5.75 Å². The van der Waals surface area contributed by atoms with Crippen LogP contribution in [0.2, 0.25) is 0 Å². The van der Waals surface area contributed by atoms with Crippen LogP contribution in [0.4, 0.5) is 0 Å². The minimum atomic E-state index is -1.01. The smallest absolute Gasteiger partial charge is 0.339 e. The molecule has 2 rings (SSSR count). The highest BCUT2D eigenvalue weighted by Gasteiger charge is 2.18. The first-order chi connectivity index (χ1) is 9.77. The number of aromatic carboxylic acids is 1. The summed E-state index contributed by atoms with van der Waals surface area (Å²) in [6.07, 6.45) is 0. The lowest BCUT2D eigenvalue weighted by Gasteiger charge is -2.13. The van der Waals surface area contributed by atoms with Crippen molar-refractivity contribution in [2.75, 3.05) is 0 Å². The topological polar surface area (TPSA) is 59.4 Å². The van der Waals surface area contributed by atoms with E-state index in [1.54, 1.807) is 23.5 Å². The van der Waals surface area contributed by atoms with Gasteiger partial charge in [-0.05, 0) is 18.2 Å². The van der Waals surface area contributed by atoms with Gasteiger partial charge in [-0.15, -0.1) is 11.3 Å². The van der Waals surface area contributed by atoms with Crippen molar-refractivity contribution in [2.24, 2.45) is 0 Å². The van der Waals surface area contributed by atoms with Crippen LogP contribution in [0.1, 0.15) is 41.8 Å². The number of ether oxygens (including phenoxy) is 1. The normalized spacial score (nSPS) is 11.4. The third-order valence-electron chi connectivity index (χ3n) is 2.74. The minimum Gasteiger partial charge on any atom is -0.486 e. The number of nitrogens with zero attached hydrogens (tertiary/aromatic N) is 1. The highest BCUT2D eigenvalue weighted by molar-refractivity contribution is 9.10. The molecule has 1 N–H and O–H groups in total. The quantitative estimate of drug-likeness (QED) is 0.862. The second kappa shape index (κ2) is 6.15. The SMILES string of the molecule is CC(C)(C)c1nc(COc2cc(Br)ccc2C(=O)O)cs1. The Labute approximate surface area is 135 Å². The first kappa shape index (κ1) is 16.0. The molecule has 1 heterocycles. The van der Waals surface area contributed by atoms with Crippen LogP contribution in [-0.4, -0.2) is 16.1 Å². The number of halogens is 1. The van der Waals surface area contributed by atoms with E-state index in [1.165, 1.54) is 6.07 Å². The van der Waals surface area contributed by atoms with E-state index >= 15 is 0 Å². The molecule has 6 heteroatoms. The fourth-order valence-corrected chi connectivity index (χ4v) is 2.89. The number of carbonyl (C=O) groups is 1. The number of hydrogen-bond donors (Lipinski definition) is 1. The van der Waals surface area contributed by atoms with Gasteiger partial charge in [0, 0.05) is 15.3 Å². The predicted octanol–water partition coefficient (Wildman–Crippen LogP) is 4.48. The maximum atomic E-state index is 11.2. The van der Waals surface area contributed by atoms with E-state index in [9.17, 15) is 4.79 Å². The third-order valence-corrected chi connectivity index (χ3v) is 4.55. The molecule has 1 aromatic carbocycles. The van der Waals surface area contributed by atoms with Crippen LogP contribution < -0.4 is 4.74 Å². The average Bonchev–Trinajstić information content (AvgIpc) is 2.84. The van der Waals surface area contributed by atoms with Crippen molar-refractivity contribution in [2.45, 2.75) is 32.8 Å². The van der Waals surface area contributed by atoms with Gasteiger partial charge in [-0.1, -0.05) is 36.7 Å². The van der Waals surface area contributed by atoms with Crippen LogP contribution in [-0.2, 0) is 12.0 Å². The van der Waals surface area contributed by atoms with Crippen molar-refractivity contribution in [1.82, 2.24) is 4.98 Å². The van der Waals surface area contributed by atoms with Gasteiger partial charge in [0.1, 0.15) is 17.9 Å². The molecular formula is C15H16BrNO3S. The number of benzene rings is 1. The van der Waals surface area contributed by atoms with Gasteiger partial charge in [-0.2, -0.15) is 0 Å². The van der Waals surface area contributed by atoms with Gasteiger partial charge in [-0.3, -0.25) is 0 Å². The highest BCUT2D eigenvalue weighted by atomic mass is 79.9. The number of carboxylic acid groups (broad SMARTS) is 1. The van der Waals surface area contributed by atoms with Crippen LogP contribution in [0.15, 0.2) is 28.1 Å². The van der Waals surface area contributed by atoms with Gasteiger partial charge in [0.05, 0.1) is 10.7 Å². The molecule has 0 aliphatic rings. The Balaban J connectivity index is 2.15. The number of carboxylic acids is 1. The summed E-state index contributed by atoms with van der Waals surface area (Å²) in [4.78, 5) is 15.7. The summed E-state index contributed by atoms with van der Waals surface area (Å²) in [5.74, 6) is -0.673. The summed E-state index contributed by atoms with van der Waals surface area (Å²) in [7, 11) is 0. The van der Waals surface area contributed by atoms with Crippen molar-refractivity contribution in [1.29, 1.82) is 0 Å². The molecule has 2 aromatic rings. The Morgan fingerprint density at radius 3 is 2.71 bits per heavy atom. The molecule has 0 amide bonds. The summed E-state index contributed by atoms with van der Waals surface area (Å²) in [5.41, 5.74) is 0.955. The number of aromatic nitrogens is 1. The minimum absolute atomic E-state index is 0.00488. The van der Waals surface area contributed by atoms with Crippen LogP contribution in [0.3, 0.4) is 0 Å². The van der Waals surface area contributed by atoms with E-state index in [2.05, 4.69) is 41.7 Å². The molecule has 0 fully saturated rings. The van der Waals surface area contributed by atoms with E-state index in [4.69, 9.17) is 9.84 Å². The molecule has 0 spiro atoms. The van der Waals surface area contributed by atoms with Crippen molar-refractivity contribution in [3.8, 4) is 5.75 Å². The fourth-order valence-electron chi connectivity index (χ4n) is 1.66. The van der Waals surface area contributed by atoms with Crippen LogP contribution in [0.5, 0.6) is 5.75 Å². The van der Waals surface area contributed by atoms with Gasteiger partial charge < -0.3 is 9.84 Å². The summed E-state index contributed by atoms with van der Waals surface area (Å²) in [6.45, 7) is 6.57. The second-order valence-electron chi connectivity index (χ2n) is 5.63. The summed E-state index contributed by atoms with van der Waals surface area (Å²) in [6, 6.07) is 4.85. The molecule has 112 valence electrons. The monoisotopic (exact) mass is 369 g/mol. The van der Waals surface area contributed by atoms with Crippen molar-refractivity contribution < 1.29 is 14.6 Å². The van der Waals surface area contributed by atoms with Crippen molar-refractivity contribution >= 4 is 33.2 Å². The largest absolute Gasteiger partial charge is 0.486 e. The Morgan fingerprint density at radius 1 is 1.43 bits per heavy atom. The molecule has 0 saturated heterocycles. The van der Waals surface area contributed by atoms with E-state index in [0.717, 1.165) is 15.2 Å². The Kier molecular flexibility index (Phi) is 4.68. The Bertz CT molecular complexity index is 661. The average molecular weight is 370 g/mol. The van der Waals surface area contributed by atoms with E-state index < -0.39 is 5.97 Å². The van der Waals surface area contributed by atoms with Gasteiger partial charge in [0.15, 0.2) is 0 Å². The third kappa shape index (κ3) is 4.04. The summed E-state index contributed by atoms with van der Waals surface area (Å²) in [5, 5.41) is 12.1. The fraction of sp³-hybridized carbons (Fsp3) is 0.333. The Morgan fingerprint density at radius 2 is 2.14 bits per heavy atom. The summed E-state index contributed by atoms with van der Waals surface area (Å²) >= 11 is 4.90. The molecule has 4 nitrogen and oxygen atoms in total. The molecule has 1 aromatic heterocycles. The first-order valence-corrected chi connectivity index (χ1v) is 8.05. The molecule has 0 aliphatic carbocycles. The van der Waals surface area contributed by atoms with E-state index in [1.807, 2.05) is 5.38 Å². The molecule has 0 bridgehead atoms. The number of hydrogen-bond acceptors (Lipinski definition) is 4. The maximum Gasteiger partial charge on any atom is 0.339 e. The van der Waals surface area contributed by atoms with Gasteiger partial charge in [0.25, 0.3) is 0 Å². The zero-order valence-electron chi connectivity index (χ0n) is 12.0. The number of rotatable bonds is 4. The molecular weight excluding hydrogens is 354 g/mol. The molecule has 0 saturated carbocycles. The lowest BCUT2D eigenvalue weighted by atomic mass is 9.98. The molecule has 0 aliphatic heterocycles. The van der Waals surface area contributed by atoms with Crippen molar-refractivity contribution in [3.05, 3.63) is 44.3 Å². The van der Waals surface area contributed by atoms with Gasteiger partial charge in [0.2, 0.25) is 0 Å². The van der Waals surface area contributed by atoms with Crippen LogP contribution >= 0.6 is 27.3 Å². The van der Waals surface area contributed by atoms with E-state index in [-0.39, 0.29) is 17.6 Å². The maximum absolute atomic E-state index is 11.2. The second-order valence-corrected chi connectivity index (χ2v) is 7.40. The highest BCUT2D eigenvalue weighted by Crippen LogP contribution is 2.27. The molecule has 21 heavy (non-hydrogen) atoms. The van der Waals surface area contributed by atoms with Crippen molar-refractivity contribution in [3.63, 3.8) is 0 Å². The summed E-state index contributed by atoms with van der Waals surface area (Å²) < 4.78 is 6.40. The van der Waals surface area contributed by atoms with Crippen LogP contribution in [0, 0.1) is 0 Å². The Hall–Kier alpha value is -1.40. The van der Waals surface area contributed by atoms with Gasteiger partial charge >= 0.3 is 5.97 Å². The van der Waals surface area contributed by atoms with Gasteiger partial charge in [-0.25, -0.2) is 9.78 Å². The lowest BCUT2D eigenvalue weighted by molar-refractivity contribution is 0.0691.